The van der Waals surface area contributed by atoms with Gasteiger partial charge < -0.3 is 14.5 Å². The lowest BCUT2D eigenvalue weighted by atomic mass is 9.78. The molecule has 0 aliphatic heterocycles. The Kier molecular flexibility index (Phi) is 5.20. The molecule has 1 saturated carbocycles. The fourth-order valence-electron chi connectivity index (χ4n) is 4.42. The third kappa shape index (κ3) is 3.26. The topological polar surface area (TPSA) is 107 Å². The number of nitrogens with zero attached hydrogens (tertiary/aromatic N) is 3. The van der Waals surface area contributed by atoms with Gasteiger partial charge in [-0.2, -0.15) is 0 Å². The second-order valence-corrected chi connectivity index (χ2v) is 6.54. The van der Waals surface area contributed by atoms with Crippen LogP contribution in [0, 0.1) is 16.0 Å². The Bertz CT molecular complexity index is 800. The van der Waals surface area contributed by atoms with Gasteiger partial charge >= 0.3 is 5.97 Å². The van der Waals surface area contributed by atoms with E-state index < -0.39 is 5.09 Å². The Morgan fingerprint density at radius 1 is 1.31 bits per heavy atom. The highest BCUT2D eigenvalue weighted by molar-refractivity contribution is 5.87. The fraction of sp³-hybridized carbons (Fsp3) is 0.444. The highest BCUT2D eigenvalue weighted by Gasteiger charge is 2.43. The van der Waals surface area contributed by atoms with E-state index in [1.54, 1.807) is 12.5 Å². The molecular weight excluding hydrogens is 338 g/mol. The monoisotopic (exact) mass is 359 g/mol. The molecule has 1 N–H and O–H groups in total. The summed E-state index contributed by atoms with van der Waals surface area (Å²) in [4.78, 5) is 24.6. The zero-order valence-corrected chi connectivity index (χ0v) is 14.4. The van der Waals surface area contributed by atoms with Crippen LogP contribution in [0.2, 0.25) is 0 Å². The van der Waals surface area contributed by atoms with Gasteiger partial charge in [-0.3, -0.25) is 0 Å². The van der Waals surface area contributed by atoms with Crippen LogP contribution in [0.25, 0.3) is 0 Å². The standard InChI is InChI=1S/C18H20N2O2.HNO3/c1-22-18(21)16-10-19-11-20(16)17-14-8-4-2-6-12(14)13-7-3-5-9-15(13)17;2-1(3)4/h2,4,6,8,10-11,13,15,17H,3,5,7,9H2,1H3;(H,2,3,4). The third-order valence-electron chi connectivity index (χ3n) is 5.30. The van der Waals surface area contributed by atoms with E-state index >= 15 is 0 Å². The lowest BCUT2D eigenvalue weighted by Gasteiger charge is -2.30. The van der Waals surface area contributed by atoms with Crippen LogP contribution >= 0.6 is 0 Å². The van der Waals surface area contributed by atoms with Gasteiger partial charge in [0.2, 0.25) is 0 Å². The van der Waals surface area contributed by atoms with Gasteiger partial charge in [0.05, 0.1) is 25.7 Å². The van der Waals surface area contributed by atoms with Gasteiger partial charge in [-0.25, -0.2) is 9.78 Å². The first kappa shape index (κ1) is 17.9. The minimum absolute atomic E-state index is 0.207. The molecule has 0 spiro atoms. The minimum atomic E-state index is -1.50. The molecule has 2 aromatic rings. The van der Waals surface area contributed by atoms with Crippen LogP contribution < -0.4 is 0 Å². The van der Waals surface area contributed by atoms with Crippen molar-refractivity contribution in [2.24, 2.45) is 5.92 Å². The van der Waals surface area contributed by atoms with E-state index in [1.165, 1.54) is 43.9 Å². The molecule has 1 fully saturated rings. The Labute approximate surface area is 150 Å². The summed E-state index contributed by atoms with van der Waals surface area (Å²) in [6.07, 6.45) is 8.43. The van der Waals surface area contributed by atoms with Crippen LogP contribution in [0.1, 0.15) is 59.3 Å². The maximum absolute atomic E-state index is 12.0. The average molecular weight is 359 g/mol. The van der Waals surface area contributed by atoms with Gasteiger partial charge in [-0.05, 0) is 35.8 Å². The highest BCUT2D eigenvalue weighted by Crippen LogP contribution is 2.53. The van der Waals surface area contributed by atoms with Crippen molar-refractivity contribution < 1.29 is 19.8 Å². The van der Waals surface area contributed by atoms with Crippen LogP contribution in [-0.4, -0.2) is 32.9 Å². The number of methoxy groups -OCH3 is 1. The molecule has 4 rings (SSSR count). The van der Waals surface area contributed by atoms with E-state index in [2.05, 4.69) is 29.2 Å². The van der Waals surface area contributed by atoms with Gasteiger partial charge in [-0.1, -0.05) is 37.1 Å². The number of hydrogen-bond donors (Lipinski definition) is 1. The summed E-state index contributed by atoms with van der Waals surface area (Å²) >= 11 is 0. The summed E-state index contributed by atoms with van der Waals surface area (Å²) in [5.74, 6) is 0.862. The summed E-state index contributed by atoms with van der Waals surface area (Å²) in [5.41, 5.74) is 3.36. The molecule has 26 heavy (non-hydrogen) atoms. The van der Waals surface area contributed by atoms with Gasteiger partial charge in [-0.15, -0.1) is 10.1 Å². The SMILES string of the molecule is COC(=O)c1cncn1C1c2ccccc2C2CCCCC21.O=[N+]([O-])O. The van der Waals surface area contributed by atoms with Gasteiger partial charge in [0.25, 0.3) is 5.09 Å². The molecule has 1 aromatic carbocycles. The zero-order chi connectivity index (χ0) is 18.7. The molecule has 0 radical (unpaired) electrons. The van der Waals surface area contributed by atoms with E-state index in [4.69, 9.17) is 20.1 Å². The van der Waals surface area contributed by atoms with Crippen molar-refractivity contribution in [3.63, 3.8) is 0 Å². The third-order valence-corrected chi connectivity index (χ3v) is 5.30. The van der Waals surface area contributed by atoms with Crippen molar-refractivity contribution in [2.75, 3.05) is 7.11 Å². The lowest BCUT2D eigenvalue weighted by Crippen LogP contribution is -2.24. The number of imidazole rings is 1. The number of esters is 1. The molecule has 0 amide bonds. The van der Waals surface area contributed by atoms with Crippen molar-refractivity contribution in [2.45, 2.75) is 37.6 Å². The van der Waals surface area contributed by atoms with Crippen LogP contribution in [0.4, 0.5) is 0 Å². The fourth-order valence-corrected chi connectivity index (χ4v) is 4.42. The summed E-state index contributed by atoms with van der Waals surface area (Å²) in [6, 6.07) is 8.89. The first-order valence-corrected chi connectivity index (χ1v) is 8.56. The molecule has 3 atom stereocenters. The molecule has 8 nitrogen and oxygen atoms in total. The number of carbonyl (C=O) groups is 1. The minimum Gasteiger partial charge on any atom is -0.464 e. The van der Waals surface area contributed by atoms with E-state index in [9.17, 15) is 4.79 Å². The first-order chi connectivity index (χ1) is 12.5. The average Bonchev–Trinajstić information content (AvgIpc) is 3.22. The quantitative estimate of drug-likeness (QED) is 0.501. The van der Waals surface area contributed by atoms with Crippen LogP contribution in [-0.2, 0) is 4.74 Å². The van der Waals surface area contributed by atoms with Gasteiger partial charge in [0.1, 0.15) is 5.69 Å². The molecule has 3 unspecified atom stereocenters. The predicted molar refractivity (Wildman–Crippen MR) is 91.6 cm³/mol. The van der Waals surface area contributed by atoms with E-state index in [0.29, 0.717) is 17.5 Å². The number of benzene rings is 1. The Hall–Kier alpha value is -2.90. The number of fused-ring (bicyclic) bond motifs is 3. The molecule has 0 bridgehead atoms. The summed E-state index contributed by atoms with van der Waals surface area (Å²) in [7, 11) is 1.42. The van der Waals surface area contributed by atoms with Crippen molar-refractivity contribution >= 4 is 5.97 Å². The Morgan fingerprint density at radius 3 is 2.65 bits per heavy atom. The normalized spacial score (nSPS) is 23.2. The molecule has 1 heterocycles. The molecular formula is C18H21N3O5. The van der Waals surface area contributed by atoms with Crippen molar-refractivity contribution in [1.29, 1.82) is 0 Å². The summed E-state index contributed by atoms with van der Waals surface area (Å²) in [5, 5.41) is 13.6. The Balaban J connectivity index is 0.000000447. The molecule has 1 aromatic heterocycles. The molecule has 2 aliphatic carbocycles. The first-order valence-electron chi connectivity index (χ1n) is 8.56. The number of rotatable bonds is 2. The van der Waals surface area contributed by atoms with Crippen molar-refractivity contribution in [3.05, 3.63) is 63.7 Å². The predicted octanol–water partition coefficient (Wildman–Crippen LogP) is 3.20. The molecule has 2 aliphatic rings. The Morgan fingerprint density at radius 2 is 1.96 bits per heavy atom. The maximum atomic E-state index is 12.0. The maximum Gasteiger partial charge on any atom is 0.356 e. The van der Waals surface area contributed by atoms with E-state index in [-0.39, 0.29) is 12.0 Å². The lowest BCUT2D eigenvalue weighted by molar-refractivity contribution is -0.742. The summed E-state index contributed by atoms with van der Waals surface area (Å²) in [6.45, 7) is 0. The van der Waals surface area contributed by atoms with Crippen LogP contribution in [0.3, 0.4) is 0 Å². The van der Waals surface area contributed by atoms with Crippen LogP contribution in [0.5, 0.6) is 0 Å². The van der Waals surface area contributed by atoms with Gasteiger partial charge in [0, 0.05) is 0 Å². The number of hydrogen-bond acceptors (Lipinski definition) is 5. The molecule has 8 heteroatoms. The van der Waals surface area contributed by atoms with Crippen molar-refractivity contribution in [3.8, 4) is 0 Å². The number of ether oxygens (including phenoxy) is 1. The molecule has 138 valence electrons. The van der Waals surface area contributed by atoms with E-state index in [0.717, 1.165) is 0 Å². The largest absolute Gasteiger partial charge is 0.464 e. The zero-order valence-electron chi connectivity index (χ0n) is 14.4. The smallest absolute Gasteiger partial charge is 0.356 e. The van der Waals surface area contributed by atoms with Gasteiger partial charge in [0.15, 0.2) is 0 Å². The summed E-state index contributed by atoms with van der Waals surface area (Å²) < 4.78 is 6.95. The second-order valence-electron chi connectivity index (χ2n) is 6.54. The number of carbonyl (C=O) groups excluding carboxylic acids is 1. The number of aromatic nitrogens is 2. The highest BCUT2D eigenvalue weighted by atomic mass is 16.9. The van der Waals surface area contributed by atoms with E-state index in [1.807, 2.05) is 4.57 Å². The van der Waals surface area contributed by atoms with Crippen LogP contribution in [0.15, 0.2) is 36.8 Å². The molecule has 0 saturated heterocycles. The second kappa shape index (κ2) is 7.55. The van der Waals surface area contributed by atoms with Crippen molar-refractivity contribution in [1.82, 2.24) is 9.55 Å².